The number of hydrogen-bond acceptors (Lipinski definition) is 0. The molecule has 3 rings (SSSR count). The fraction of sp³-hybridized carbons (Fsp3) is 0.818. The molecule has 0 nitrogen and oxygen atoms in total. The van der Waals surface area contributed by atoms with Gasteiger partial charge < -0.3 is 0 Å². The fourth-order valence-corrected chi connectivity index (χ4v) is 3.41. The molecule has 0 heteroatoms. The molecule has 0 unspecified atom stereocenters. The molecule has 0 aromatic carbocycles. The van der Waals surface area contributed by atoms with Gasteiger partial charge in [0, 0.05) is 0 Å². The lowest BCUT2D eigenvalue weighted by molar-refractivity contribution is 0.0909. The molecule has 11 heavy (non-hydrogen) atoms. The first kappa shape index (κ1) is 7.39. The van der Waals surface area contributed by atoms with Crippen LogP contribution >= 0.6 is 0 Å². The molecule has 0 saturated heterocycles. The summed E-state index contributed by atoms with van der Waals surface area (Å²) in [6.07, 6.45) is 5.65. The van der Waals surface area contributed by atoms with E-state index in [1.807, 2.05) is 0 Å². The second kappa shape index (κ2) is 2.12. The topological polar surface area (TPSA) is 0 Å². The van der Waals surface area contributed by atoms with Gasteiger partial charge in [-0.25, -0.2) is 0 Å². The average Bonchev–Trinajstić information content (AvgIpc) is 1.84. The second-order valence-corrected chi connectivity index (χ2v) is 4.65. The summed E-state index contributed by atoms with van der Waals surface area (Å²) >= 11 is 0. The molecule has 0 amide bonds. The van der Waals surface area contributed by atoms with Crippen molar-refractivity contribution >= 4 is 0 Å². The minimum atomic E-state index is 0.641. The van der Waals surface area contributed by atoms with Crippen molar-refractivity contribution in [1.82, 2.24) is 0 Å². The van der Waals surface area contributed by atoms with Crippen molar-refractivity contribution in [2.45, 2.75) is 46.5 Å². The summed E-state index contributed by atoms with van der Waals surface area (Å²) < 4.78 is 0. The fourth-order valence-electron chi connectivity index (χ4n) is 3.41. The molecule has 62 valence electrons. The summed E-state index contributed by atoms with van der Waals surface area (Å²) in [5.41, 5.74) is 4.12. The maximum atomic E-state index is 2.45. The molecule has 2 bridgehead atoms. The smallest absolute Gasteiger partial charge is 0.0108 e. The Morgan fingerprint density at radius 2 is 2.09 bits per heavy atom. The van der Waals surface area contributed by atoms with Gasteiger partial charge in [-0.3, -0.25) is 0 Å². The molecule has 3 aliphatic carbocycles. The van der Waals surface area contributed by atoms with Crippen LogP contribution in [0.15, 0.2) is 11.1 Å². The van der Waals surface area contributed by atoms with Crippen LogP contribution in [0.5, 0.6) is 0 Å². The third kappa shape index (κ3) is 0.881. The lowest BCUT2D eigenvalue weighted by atomic mass is 9.53. The molecule has 0 aliphatic heterocycles. The number of hydrogen-bond donors (Lipinski definition) is 0. The first-order chi connectivity index (χ1) is 5.15. The molecule has 0 aromatic heterocycles. The predicted octanol–water partition coefficient (Wildman–Crippen LogP) is 3.53. The van der Waals surface area contributed by atoms with Crippen molar-refractivity contribution < 1.29 is 0 Å². The highest BCUT2D eigenvalue weighted by atomic mass is 14.5. The van der Waals surface area contributed by atoms with Gasteiger partial charge in [0.15, 0.2) is 0 Å². The minimum absolute atomic E-state index is 0.641. The molecule has 0 aromatic rings. The van der Waals surface area contributed by atoms with Gasteiger partial charge >= 0.3 is 0 Å². The molecule has 0 spiro atoms. The first-order valence-corrected chi connectivity index (χ1v) is 4.85. The number of allylic oxidation sites excluding steroid dienone is 2. The average molecular weight is 150 g/mol. The van der Waals surface area contributed by atoms with E-state index in [4.69, 9.17) is 0 Å². The van der Waals surface area contributed by atoms with Crippen LogP contribution < -0.4 is 0 Å². The number of rotatable bonds is 1. The zero-order valence-corrected chi connectivity index (χ0v) is 7.91. The molecule has 1 saturated carbocycles. The van der Waals surface area contributed by atoms with E-state index in [2.05, 4.69) is 20.8 Å². The van der Waals surface area contributed by atoms with E-state index < -0.39 is 0 Å². The zero-order chi connectivity index (χ0) is 8.06. The van der Waals surface area contributed by atoms with Crippen LogP contribution in [0.4, 0.5) is 0 Å². The standard InChI is InChI=1S/C11H18/c1-4-10-8(2)5-9-6-11(10,3)7-9/h9H,4-7H2,1-3H3. The molecule has 0 radical (unpaired) electrons. The van der Waals surface area contributed by atoms with Crippen molar-refractivity contribution in [3.8, 4) is 0 Å². The molecular formula is C11H18. The largest absolute Gasteiger partial charge is 0.0733 e. The maximum Gasteiger partial charge on any atom is -0.0108 e. The van der Waals surface area contributed by atoms with E-state index in [9.17, 15) is 0 Å². The van der Waals surface area contributed by atoms with E-state index in [0.29, 0.717) is 5.41 Å². The Balaban J connectivity index is 2.33. The Labute approximate surface area is 69.7 Å². The van der Waals surface area contributed by atoms with Gasteiger partial charge in [0.25, 0.3) is 0 Å². The van der Waals surface area contributed by atoms with Crippen molar-refractivity contribution in [2.24, 2.45) is 11.3 Å². The predicted molar refractivity (Wildman–Crippen MR) is 48.4 cm³/mol. The lowest BCUT2D eigenvalue weighted by Gasteiger charge is -2.52. The van der Waals surface area contributed by atoms with Crippen LogP contribution in [0.25, 0.3) is 0 Å². The summed E-state index contributed by atoms with van der Waals surface area (Å²) in [4.78, 5) is 0. The molecule has 0 atom stereocenters. The van der Waals surface area contributed by atoms with Gasteiger partial charge in [-0.2, -0.15) is 0 Å². The summed E-state index contributed by atoms with van der Waals surface area (Å²) in [5.74, 6) is 1.05. The normalized spacial score (nSPS) is 42.3. The van der Waals surface area contributed by atoms with E-state index >= 15 is 0 Å². The van der Waals surface area contributed by atoms with E-state index in [1.165, 1.54) is 25.7 Å². The van der Waals surface area contributed by atoms with Crippen LogP contribution in [0.3, 0.4) is 0 Å². The Kier molecular flexibility index (Phi) is 1.42. The molecule has 0 heterocycles. The highest BCUT2D eigenvalue weighted by Gasteiger charge is 2.46. The summed E-state index contributed by atoms with van der Waals surface area (Å²) in [6.45, 7) is 7.09. The zero-order valence-electron chi connectivity index (χ0n) is 7.91. The lowest BCUT2D eigenvalue weighted by Crippen LogP contribution is -2.40. The van der Waals surface area contributed by atoms with Gasteiger partial charge in [0.05, 0.1) is 0 Å². The van der Waals surface area contributed by atoms with Gasteiger partial charge in [0.2, 0.25) is 0 Å². The maximum absolute atomic E-state index is 2.45. The van der Waals surface area contributed by atoms with Crippen LogP contribution in [0.2, 0.25) is 0 Å². The third-order valence-corrected chi connectivity index (χ3v) is 3.67. The highest BCUT2D eigenvalue weighted by molar-refractivity contribution is 5.29. The van der Waals surface area contributed by atoms with Crippen molar-refractivity contribution in [3.05, 3.63) is 11.1 Å². The Morgan fingerprint density at radius 3 is 2.45 bits per heavy atom. The number of fused-ring (bicyclic) bond motifs is 1. The van der Waals surface area contributed by atoms with Gasteiger partial charge in [-0.15, -0.1) is 0 Å². The van der Waals surface area contributed by atoms with Crippen molar-refractivity contribution in [2.75, 3.05) is 0 Å². The summed E-state index contributed by atoms with van der Waals surface area (Å²) in [6, 6.07) is 0. The quantitative estimate of drug-likeness (QED) is 0.502. The summed E-state index contributed by atoms with van der Waals surface area (Å²) in [7, 11) is 0. The third-order valence-electron chi connectivity index (χ3n) is 3.67. The van der Waals surface area contributed by atoms with Gasteiger partial charge in [-0.1, -0.05) is 25.0 Å². The van der Waals surface area contributed by atoms with Crippen molar-refractivity contribution in [3.63, 3.8) is 0 Å². The van der Waals surface area contributed by atoms with Gasteiger partial charge in [0.1, 0.15) is 0 Å². The second-order valence-electron chi connectivity index (χ2n) is 4.65. The Hall–Kier alpha value is -0.260. The van der Waals surface area contributed by atoms with Crippen LogP contribution in [0, 0.1) is 11.3 Å². The minimum Gasteiger partial charge on any atom is -0.0733 e. The van der Waals surface area contributed by atoms with Crippen LogP contribution in [-0.2, 0) is 0 Å². The Morgan fingerprint density at radius 1 is 1.45 bits per heavy atom. The summed E-state index contributed by atoms with van der Waals surface area (Å²) in [5, 5.41) is 0. The van der Waals surface area contributed by atoms with E-state index in [-0.39, 0.29) is 0 Å². The highest BCUT2D eigenvalue weighted by Crippen LogP contribution is 2.58. The first-order valence-electron chi connectivity index (χ1n) is 4.85. The van der Waals surface area contributed by atoms with Crippen LogP contribution in [0.1, 0.15) is 46.5 Å². The van der Waals surface area contributed by atoms with Gasteiger partial charge in [-0.05, 0) is 43.9 Å². The van der Waals surface area contributed by atoms with E-state index in [1.54, 1.807) is 11.1 Å². The van der Waals surface area contributed by atoms with Crippen LogP contribution in [-0.4, -0.2) is 0 Å². The Bertz CT molecular complexity index is 204. The molecular weight excluding hydrogens is 132 g/mol. The molecule has 0 N–H and O–H groups in total. The van der Waals surface area contributed by atoms with Crippen molar-refractivity contribution in [1.29, 1.82) is 0 Å². The SMILES string of the molecule is CCC1=C(C)CC2CC1(C)C2. The van der Waals surface area contributed by atoms with E-state index in [0.717, 1.165) is 5.92 Å². The molecule has 3 aliphatic rings. The monoisotopic (exact) mass is 150 g/mol. The molecule has 1 fully saturated rings.